The van der Waals surface area contributed by atoms with Crippen molar-refractivity contribution in [2.75, 3.05) is 16.7 Å². The molecule has 2 heterocycles. The molecule has 0 radical (unpaired) electrons. The van der Waals surface area contributed by atoms with Crippen LogP contribution in [0, 0.1) is 0 Å². The number of fused-ring (bicyclic) bond motifs is 4. The first-order valence-electron chi connectivity index (χ1n) is 13.1. The molecule has 0 aromatic heterocycles. The number of allylic oxidation sites excluding steroid dienone is 6. The van der Waals surface area contributed by atoms with E-state index in [2.05, 4.69) is 0 Å². The second-order valence-corrected chi connectivity index (χ2v) is 14.1. The van der Waals surface area contributed by atoms with Crippen LogP contribution in [0.3, 0.4) is 0 Å². The van der Waals surface area contributed by atoms with E-state index in [1.54, 1.807) is 47.1 Å². The molecule has 0 aliphatic carbocycles. The summed E-state index contributed by atoms with van der Waals surface area (Å²) in [6.07, 6.45) is 8.84. The van der Waals surface area contributed by atoms with Gasteiger partial charge in [0.25, 0.3) is 0 Å². The van der Waals surface area contributed by atoms with E-state index in [0.29, 0.717) is 22.8 Å². The lowest BCUT2D eigenvalue weighted by molar-refractivity contribution is -0.416. The van der Waals surface area contributed by atoms with Gasteiger partial charge in [0.15, 0.2) is 15.8 Å². The molecular weight excluding hydrogens is 560 g/mol. The van der Waals surface area contributed by atoms with E-state index in [4.69, 9.17) is 0 Å². The Hall–Kier alpha value is -3.57. The second-order valence-electron chi connectivity index (χ2n) is 11.4. The molecule has 0 fully saturated rings. The Labute approximate surface area is 241 Å². The number of rotatable bonds is 7. The molecule has 0 unspecified atom stereocenters. The van der Waals surface area contributed by atoms with Gasteiger partial charge in [0, 0.05) is 34.5 Å². The summed E-state index contributed by atoms with van der Waals surface area (Å²) < 4.78 is 72.4. The van der Waals surface area contributed by atoms with Crippen molar-refractivity contribution in [3.05, 3.63) is 108 Å². The molecule has 0 saturated heterocycles. The van der Waals surface area contributed by atoms with Crippen molar-refractivity contribution in [2.24, 2.45) is 0 Å². The Morgan fingerprint density at radius 3 is 2.20 bits per heavy atom. The number of hydrogen-bond donors (Lipinski definition) is 0. The Morgan fingerprint density at radius 1 is 0.805 bits per heavy atom. The Balaban J connectivity index is 1.53. The fourth-order valence-electron chi connectivity index (χ4n) is 6.13. The molecule has 0 N–H and O–H groups in total. The molecule has 2 aliphatic heterocycles. The van der Waals surface area contributed by atoms with Gasteiger partial charge >= 0.3 is 0 Å². The molecule has 0 amide bonds. The molecule has 214 valence electrons. The SMILES string of the molecule is CC1(C)C(=CC=CC=CC2=[N+](CS(=O)(=O)[O-])c3ccc4ccccc4c3C2(C)C)N(CS(=O)(=O)[O-])c2ccccc21. The van der Waals surface area contributed by atoms with Crippen molar-refractivity contribution in [2.45, 2.75) is 38.5 Å². The maximum absolute atomic E-state index is 11.9. The van der Waals surface area contributed by atoms with Crippen LogP contribution in [0.4, 0.5) is 11.4 Å². The van der Waals surface area contributed by atoms with Crippen LogP contribution in [0.2, 0.25) is 0 Å². The summed E-state index contributed by atoms with van der Waals surface area (Å²) in [6, 6.07) is 19.0. The van der Waals surface area contributed by atoms with E-state index in [-0.39, 0.29) is 0 Å². The van der Waals surface area contributed by atoms with Gasteiger partial charge in [-0.15, -0.1) is 0 Å². The quantitative estimate of drug-likeness (QED) is 0.215. The summed E-state index contributed by atoms with van der Waals surface area (Å²) in [4.78, 5) is 1.53. The molecule has 0 bridgehead atoms. The van der Waals surface area contributed by atoms with Crippen LogP contribution in [0.25, 0.3) is 10.8 Å². The third-order valence-corrected chi connectivity index (χ3v) is 9.01. The lowest BCUT2D eigenvalue weighted by atomic mass is 9.79. The highest BCUT2D eigenvalue weighted by Gasteiger charge is 2.46. The fraction of sp³-hybridized carbons (Fsp3) is 0.258. The summed E-state index contributed by atoms with van der Waals surface area (Å²) >= 11 is 0. The van der Waals surface area contributed by atoms with Crippen LogP contribution in [0.5, 0.6) is 0 Å². The van der Waals surface area contributed by atoms with Gasteiger partial charge in [-0.3, -0.25) is 0 Å². The molecule has 8 nitrogen and oxygen atoms in total. The summed E-state index contributed by atoms with van der Waals surface area (Å²) in [5.41, 5.74) is 3.40. The topological polar surface area (TPSA) is 121 Å². The third-order valence-electron chi connectivity index (χ3n) is 7.86. The third kappa shape index (κ3) is 5.40. The molecule has 41 heavy (non-hydrogen) atoms. The van der Waals surface area contributed by atoms with Gasteiger partial charge < -0.3 is 14.0 Å². The van der Waals surface area contributed by atoms with Crippen molar-refractivity contribution >= 4 is 48.1 Å². The molecule has 10 heteroatoms. The molecule has 0 spiro atoms. The van der Waals surface area contributed by atoms with Crippen molar-refractivity contribution < 1.29 is 30.5 Å². The van der Waals surface area contributed by atoms with E-state index < -0.39 is 42.8 Å². The number of hydrogen-bond acceptors (Lipinski definition) is 7. The maximum Gasteiger partial charge on any atom is 0.237 e. The van der Waals surface area contributed by atoms with Crippen molar-refractivity contribution in [3.63, 3.8) is 0 Å². The first kappa shape index (κ1) is 28.9. The zero-order valence-electron chi connectivity index (χ0n) is 23.2. The van der Waals surface area contributed by atoms with Crippen molar-refractivity contribution in [1.29, 1.82) is 0 Å². The van der Waals surface area contributed by atoms with Crippen LogP contribution in [0.15, 0.2) is 96.7 Å². The smallest absolute Gasteiger partial charge is 0.237 e. The molecule has 5 rings (SSSR count). The van der Waals surface area contributed by atoms with E-state index in [1.165, 1.54) is 4.90 Å². The van der Waals surface area contributed by atoms with Crippen molar-refractivity contribution in [3.8, 4) is 0 Å². The summed E-state index contributed by atoms with van der Waals surface area (Å²) in [6.45, 7) is 7.94. The van der Waals surface area contributed by atoms with Gasteiger partial charge in [0.05, 0.1) is 5.41 Å². The number of benzene rings is 3. The fourth-order valence-corrected chi connectivity index (χ4v) is 7.32. The van der Waals surface area contributed by atoms with Gasteiger partial charge in [-0.1, -0.05) is 74.5 Å². The van der Waals surface area contributed by atoms with Crippen LogP contribution in [-0.2, 0) is 31.1 Å². The van der Waals surface area contributed by atoms with Crippen LogP contribution >= 0.6 is 0 Å². The lowest BCUT2D eigenvalue weighted by Crippen LogP contribution is -2.30. The molecular formula is C31H31N2O6S2-. The van der Waals surface area contributed by atoms with Crippen LogP contribution in [-0.4, -0.2) is 48.0 Å². The predicted molar refractivity (Wildman–Crippen MR) is 159 cm³/mol. The largest absolute Gasteiger partial charge is 0.747 e. The van der Waals surface area contributed by atoms with Gasteiger partial charge in [-0.25, -0.2) is 16.8 Å². The first-order valence-corrected chi connectivity index (χ1v) is 16.2. The monoisotopic (exact) mass is 591 g/mol. The Morgan fingerprint density at radius 2 is 1.49 bits per heavy atom. The minimum Gasteiger partial charge on any atom is -0.747 e. The average Bonchev–Trinajstić information content (AvgIpc) is 3.21. The first-order chi connectivity index (χ1) is 19.1. The van der Waals surface area contributed by atoms with E-state index >= 15 is 0 Å². The van der Waals surface area contributed by atoms with E-state index in [1.807, 2.05) is 76.2 Å². The van der Waals surface area contributed by atoms with Crippen LogP contribution in [0.1, 0.15) is 38.8 Å². The van der Waals surface area contributed by atoms with Gasteiger partial charge in [0.1, 0.15) is 16.0 Å². The summed E-state index contributed by atoms with van der Waals surface area (Å²) in [5.74, 6) is -1.37. The number of anilines is 1. The minimum atomic E-state index is -4.58. The predicted octanol–water partition coefficient (Wildman–Crippen LogP) is 5.02. The zero-order chi connectivity index (χ0) is 29.8. The normalized spacial score (nSPS) is 19.2. The molecule has 3 aromatic carbocycles. The maximum atomic E-state index is 11.9. The van der Waals surface area contributed by atoms with Gasteiger partial charge in [0.2, 0.25) is 11.6 Å². The average molecular weight is 592 g/mol. The summed E-state index contributed by atoms with van der Waals surface area (Å²) in [7, 11) is -9.12. The van der Waals surface area contributed by atoms with E-state index in [9.17, 15) is 25.9 Å². The highest BCUT2D eigenvalue weighted by Crippen LogP contribution is 2.48. The molecule has 0 saturated carbocycles. The second kappa shape index (κ2) is 10.1. The molecule has 0 atom stereocenters. The van der Waals surface area contributed by atoms with Crippen LogP contribution < -0.4 is 4.90 Å². The highest BCUT2D eigenvalue weighted by atomic mass is 32.2. The van der Waals surface area contributed by atoms with Gasteiger partial charge in [-0.05, 0) is 48.4 Å². The van der Waals surface area contributed by atoms with Crippen molar-refractivity contribution in [1.82, 2.24) is 0 Å². The van der Waals surface area contributed by atoms with Gasteiger partial charge in [-0.2, -0.15) is 4.58 Å². The van der Waals surface area contributed by atoms with E-state index in [0.717, 1.165) is 21.9 Å². The number of para-hydroxylation sites is 1. The highest BCUT2D eigenvalue weighted by molar-refractivity contribution is 7.85. The standard InChI is InChI=1S/C31H32N2O6S2/c1-30(2)24-14-10-11-15-25(24)32(20-40(34,35)36)27(30)16-6-5-7-17-28-31(3,4)29-23-13-9-8-12-22(23)18-19-26(29)33(28)21-41(37,38)39/h5-19H,20-21H2,1-4H3,(H-,34,35,36,37,38,39)/p-1. The Bertz CT molecular complexity index is 1900. The molecule has 2 aliphatic rings. The lowest BCUT2D eigenvalue weighted by Gasteiger charge is -2.27. The zero-order valence-corrected chi connectivity index (χ0v) is 24.9. The summed E-state index contributed by atoms with van der Waals surface area (Å²) in [5, 5.41) is 2.01. The Kier molecular flexibility index (Phi) is 7.10. The number of nitrogens with zero attached hydrogens (tertiary/aromatic N) is 2. The minimum absolute atomic E-state index is 0.542. The molecule has 3 aromatic rings.